The number of carbonyl (C=O) groups is 1. The Morgan fingerprint density at radius 2 is 1.69 bits per heavy atom. The number of nitriles is 2. The number of nitro benzene ring substituents is 1. The lowest BCUT2D eigenvalue weighted by Crippen LogP contribution is -2.14. The number of nitrogens with one attached hydrogen (secondary N) is 2. The van der Waals surface area contributed by atoms with Crippen molar-refractivity contribution in [1.29, 1.82) is 10.5 Å². The van der Waals surface area contributed by atoms with E-state index >= 15 is 0 Å². The Labute approximate surface area is 152 Å². The summed E-state index contributed by atoms with van der Waals surface area (Å²) >= 11 is 1.03. The van der Waals surface area contributed by atoms with Gasteiger partial charge in [-0.1, -0.05) is 0 Å². The number of nitrogens with zero attached hydrogens (tertiary/aromatic N) is 3. The minimum absolute atomic E-state index is 0.0984. The van der Waals surface area contributed by atoms with Crippen molar-refractivity contribution in [2.45, 2.75) is 4.90 Å². The molecule has 0 saturated carbocycles. The summed E-state index contributed by atoms with van der Waals surface area (Å²) < 4.78 is 0. The van der Waals surface area contributed by atoms with Crippen LogP contribution < -0.4 is 10.6 Å². The number of hydrogen-bond acceptors (Lipinski definition) is 7. The number of hydrogen-bond donors (Lipinski definition) is 2. The molecule has 0 atom stereocenters. The number of amides is 1. The first-order chi connectivity index (χ1) is 12.5. The summed E-state index contributed by atoms with van der Waals surface area (Å²) in [6, 6.07) is 13.9. The van der Waals surface area contributed by atoms with Crippen molar-refractivity contribution in [3.8, 4) is 11.5 Å². The Hall–Kier alpha value is -3.82. The highest BCUT2D eigenvalue weighted by molar-refractivity contribution is 8.03. The van der Waals surface area contributed by atoms with Gasteiger partial charge in [0, 0.05) is 34.6 Å². The van der Waals surface area contributed by atoms with Crippen molar-refractivity contribution in [2.24, 2.45) is 0 Å². The van der Waals surface area contributed by atoms with E-state index in [2.05, 4.69) is 10.6 Å². The van der Waals surface area contributed by atoms with Crippen LogP contribution in [0.25, 0.3) is 0 Å². The average Bonchev–Trinajstić information content (AvgIpc) is 2.64. The van der Waals surface area contributed by atoms with Crippen molar-refractivity contribution in [2.75, 3.05) is 10.6 Å². The highest BCUT2D eigenvalue weighted by Gasteiger charge is 2.10. The van der Waals surface area contributed by atoms with Gasteiger partial charge >= 0.3 is 0 Å². The Kier molecular flexibility index (Phi) is 6.32. The predicted octanol–water partition coefficient (Wildman–Crippen LogP) is 3.63. The lowest BCUT2D eigenvalue weighted by atomic mass is 10.2. The minimum atomic E-state index is -0.648. The molecule has 9 heteroatoms. The molecule has 26 heavy (non-hydrogen) atoms. The maximum atomic E-state index is 12.1. The summed E-state index contributed by atoms with van der Waals surface area (Å²) in [5, 5.41) is 35.6. The summed E-state index contributed by atoms with van der Waals surface area (Å²) in [6.45, 7) is 0. The summed E-state index contributed by atoms with van der Waals surface area (Å²) in [5.41, 5.74) is 0.709. The van der Waals surface area contributed by atoms with E-state index in [0.717, 1.165) is 16.7 Å². The molecule has 1 amide bonds. The van der Waals surface area contributed by atoms with Crippen LogP contribution in [0.1, 0.15) is 0 Å². The Morgan fingerprint density at radius 1 is 1.08 bits per heavy atom. The molecule has 2 N–H and O–H groups in total. The van der Waals surface area contributed by atoms with E-state index < -0.39 is 10.8 Å². The van der Waals surface area contributed by atoms with Crippen LogP contribution in [0.4, 0.5) is 17.1 Å². The fourth-order valence-corrected chi connectivity index (χ4v) is 2.22. The van der Waals surface area contributed by atoms with Gasteiger partial charge < -0.3 is 10.6 Å². The number of thiocyanates is 1. The molecule has 0 heterocycles. The van der Waals surface area contributed by atoms with E-state index in [0.29, 0.717) is 11.4 Å². The van der Waals surface area contributed by atoms with Gasteiger partial charge in [0.15, 0.2) is 0 Å². The molecule has 0 radical (unpaired) electrons. The van der Waals surface area contributed by atoms with Gasteiger partial charge in [0.05, 0.1) is 4.92 Å². The molecule has 0 aromatic heterocycles. The monoisotopic (exact) mass is 365 g/mol. The second kappa shape index (κ2) is 8.87. The van der Waals surface area contributed by atoms with Crippen molar-refractivity contribution >= 4 is 34.7 Å². The van der Waals surface area contributed by atoms with Crippen LogP contribution in [-0.4, -0.2) is 10.8 Å². The second-order valence-electron chi connectivity index (χ2n) is 4.79. The number of carbonyl (C=O) groups excluding carboxylic acids is 1. The van der Waals surface area contributed by atoms with Gasteiger partial charge in [0.2, 0.25) is 0 Å². The molecule has 2 rings (SSSR count). The van der Waals surface area contributed by atoms with Crippen molar-refractivity contribution < 1.29 is 9.72 Å². The van der Waals surface area contributed by atoms with Crippen LogP contribution in [0.5, 0.6) is 0 Å². The van der Waals surface area contributed by atoms with Gasteiger partial charge in [-0.3, -0.25) is 14.9 Å². The normalized spacial score (nSPS) is 10.3. The van der Waals surface area contributed by atoms with Crippen LogP contribution in [-0.2, 0) is 4.79 Å². The van der Waals surface area contributed by atoms with Crippen molar-refractivity contribution in [1.82, 2.24) is 0 Å². The SMILES string of the molecule is N#CSc1ccc(N/C=C(/C#N)C(=O)Nc2ccc([N+](=O)[O-])cc2)cc1. The van der Waals surface area contributed by atoms with Crippen LogP contribution in [0.3, 0.4) is 0 Å². The third-order valence-corrected chi connectivity index (χ3v) is 3.70. The fraction of sp³-hybridized carbons (Fsp3) is 0. The average molecular weight is 365 g/mol. The van der Waals surface area contributed by atoms with Crippen LogP contribution in [0.15, 0.2) is 65.2 Å². The van der Waals surface area contributed by atoms with Crippen molar-refractivity contribution in [3.05, 3.63) is 70.4 Å². The Bertz CT molecular complexity index is 925. The number of benzene rings is 2. The predicted molar refractivity (Wildman–Crippen MR) is 97.0 cm³/mol. The number of rotatable bonds is 6. The maximum absolute atomic E-state index is 12.1. The molecule has 2 aromatic carbocycles. The molecule has 0 aliphatic rings. The standard InChI is InChI=1S/C17H11N5O3S/c18-9-12(10-20-13-3-7-16(8-4-13)26-11-19)17(23)21-14-1-5-15(6-2-14)22(24)25/h1-8,10,20H,(H,21,23)/b12-10-. The Balaban J connectivity index is 2.03. The van der Waals surface area contributed by atoms with E-state index in [1.807, 2.05) is 5.40 Å². The van der Waals surface area contributed by atoms with Gasteiger partial charge in [0.25, 0.3) is 11.6 Å². The van der Waals surface area contributed by atoms with E-state index in [1.54, 1.807) is 30.3 Å². The van der Waals surface area contributed by atoms with Gasteiger partial charge in [-0.05, 0) is 48.2 Å². The lowest BCUT2D eigenvalue weighted by molar-refractivity contribution is -0.384. The molecule has 2 aromatic rings. The van der Waals surface area contributed by atoms with Gasteiger partial charge in [-0.25, -0.2) is 0 Å². The quantitative estimate of drug-likeness (QED) is 0.199. The largest absolute Gasteiger partial charge is 0.360 e. The number of anilines is 2. The van der Waals surface area contributed by atoms with E-state index in [-0.39, 0.29) is 11.3 Å². The molecule has 0 aliphatic carbocycles. The summed E-state index contributed by atoms with van der Waals surface area (Å²) in [4.78, 5) is 22.9. The minimum Gasteiger partial charge on any atom is -0.360 e. The zero-order valence-electron chi connectivity index (χ0n) is 13.2. The summed E-state index contributed by atoms with van der Waals surface area (Å²) in [5.74, 6) is -0.648. The van der Waals surface area contributed by atoms with Gasteiger partial charge in [-0.2, -0.15) is 10.5 Å². The zero-order chi connectivity index (χ0) is 18.9. The number of thioether (sulfide) groups is 1. The van der Waals surface area contributed by atoms with E-state index in [4.69, 9.17) is 10.5 Å². The molecular weight excluding hydrogens is 354 g/mol. The molecule has 0 fully saturated rings. The smallest absolute Gasteiger partial charge is 0.269 e. The Morgan fingerprint density at radius 3 is 2.23 bits per heavy atom. The summed E-state index contributed by atoms with van der Waals surface area (Å²) in [6.07, 6.45) is 1.26. The van der Waals surface area contributed by atoms with Crippen LogP contribution in [0.2, 0.25) is 0 Å². The summed E-state index contributed by atoms with van der Waals surface area (Å²) in [7, 11) is 0. The maximum Gasteiger partial charge on any atom is 0.269 e. The fourth-order valence-electron chi connectivity index (χ4n) is 1.84. The first-order valence-corrected chi connectivity index (χ1v) is 7.93. The van der Waals surface area contributed by atoms with Gasteiger partial charge in [0.1, 0.15) is 17.0 Å². The van der Waals surface area contributed by atoms with E-state index in [1.165, 1.54) is 30.5 Å². The molecule has 0 bridgehead atoms. The number of nitro groups is 1. The second-order valence-corrected chi connectivity index (χ2v) is 5.65. The highest BCUT2D eigenvalue weighted by Crippen LogP contribution is 2.19. The molecule has 0 saturated heterocycles. The molecule has 8 nitrogen and oxygen atoms in total. The lowest BCUT2D eigenvalue weighted by Gasteiger charge is -2.05. The molecule has 0 spiro atoms. The van der Waals surface area contributed by atoms with Crippen LogP contribution in [0, 0.1) is 32.1 Å². The molecular formula is C17H11N5O3S. The first-order valence-electron chi connectivity index (χ1n) is 7.12. The topological polar surface area (TPSA) is 132 Å². The van der Waals surface area contributed by atoms with Crippen molar-refractivity contribution in [3.63, 3.8) is 0 Å². The third-order valence-electron chi connectivity index (χ3n) is 3.10. The van der Waals surface area contributed by atoms with Gasteiger partial charge in [-0.15, -0.1) is 0 Å². The van der Waals surface area contributed by atoms with E-state index in [9.17, 15) is 14.9 Å². The third kappa shape index (κ3) is 5.09. The van der Waals surface area contributed by atoms with Crippen LogP contribution >= 0.6 is 11.8 Å². The number of non-ortho nitro benzene ring substituents is 1. The molecule has 0 unspecified atom stereocenters. The molecule has 0 aliphatic heterocycles. The highest BCUT2D eigenvalue weighted by atomic mass is 32.2. The zero-order valence-corrected chi connectivity index (χ0v) is 14.0. The first kappa shape index (κ1) is 18.5. The molecule has 128 valence electrons.